The molecule has 1 aromatic carbocycles. The predicted molar refractivity (Wildman–Crippen MR) is 81.5 cm³/mol. The van der Waals surface area contributed by atoms with E-state index in [9.17, 15) is 14.9 Å². The summed E-state index contributed by atoms with van der Waals surface area (Å²) in [6, 6.07) is 7.32. The molecule has 0 aliphatic carbocycles. The van der Waals surface area contributed by atoms with E-state index < -0.39 is 10.9 Å². The Bertz CT molecular complexity index is 687. The molecule has 0 aliphatic rings. The van der Waals surface area contributed by atoms with Gasteiger partial charge in [0, 0.05) is 12.1 Å². The van der Waals surface area contributed by atoms with E-state index >= 15 is 0 Å². The molecule has 0 N–H and O–H groups in total. The summed E-state index contributed by atoms with van der Waals surface area (Å²) in [6.07, 6.45) is 1.51. The standard InChI is InChI=1S/C13H9IN2O5/c1-20-13(17)10-6-8(2-4-11(10)16(18)19)21-9-3-5-12(14)15-7-9/h2-7H,1H3. The SMILES string of the molecule is COC(=O)c1cc(Oc2ccc(I)nc2)ccc1[N+](=O)[O-]. The molecule has 0 aliphatic heterocycles. The van der Waals surface area contributed by atoms with E-state index in [1.54, 1.807) is 12.1 Å². The smallest absolute Gasteiger partial charge is 0.345 e. The van der Waals surface area contributed by atoms with E-state index in [4.69, 9.17) is 4.74 Å². The zero-order valence-electron chi connectivity index (χ0n) is 10.8. The Hall–Kier alpha value is -2.23. The van der Waals surface area contributed by atoms with Crippen LogP contribution in [0, 0.1) is 13.8 Å². The molecule has 21 heavy (non-hydrogen) atoms. The summed E-state index contributed by atoms with van der Waals surface area (Å²) in [7, 11) is 1.16. The van der Waals surface area contributed by atoms with Crippen LogP contribution in [0.4, 0.5) is 5.69 Å². The minimum atomic E-state index is -0.798. The second-order valence-corrected chi connectivity index (χ2v) is 4.95. The van der Waals surface area contributed by atoms with Gasteiger partial charge in [0.15, 0.2) is 0 Å². The van der Waals surface area contributed by atoms with Crippen LogP contribution in [-0.2, 0) is 4.74 Å². The number of carbonyl (C=O) groups excluding carboxylic acids is 1. The minimum absolute atomic E-state index is 0.168. The molecule has 0 bridgehead atoms. The zero-order valence-corrected chi connectivity index (χ0v) is 12.9. The quantitative estimate of drug-likeness (QED) is 0.258. The maximum absolute atomic E-state index is 11.6. The number of benzene rings is 1. The molecule has 1 heterocycles. The Morgan fingerprint density at radius 3 is 2.57 bits per heavy atom. The van der Waals surface area contributed by atoms with Gasteiger partial charge in [-0.2, -0.15) is 0 Å². The zero-order chi connectivity index (χ0) is 15.4. The average Bonchev–Trinajstić information content (AvgIpc) is 2.48. The van der Waals surface area contributed by atoms with Gasteiger partial charge >= 0.3 is 5.97 Å². The van der Waals surface area contributed by atoms with Crippen molar-refractivity contribution >= 4 is 34.2 Å². The van der Waals surface area contributed by atoms with Gasteiger partial charge in [0.2, 0.25) is 0 Å². The number of rotatable bonds is 4. The summed E-state index contributed by atoms with van der Waals surface area (Å²) in [6.45, 7) is 0. The first-order chi connectivity index (χ1) is 10.0. The topological polar surface area (TPSA) is 91.6 Å². The molecule has 108 valence electrons. The normalized spacial score (nSPS) is 10.0. The van der Waals surface area contributed by atoms with Crippen LogP contribution in [0.2, 0.25) is 0 Å². The first-order valence-electron chi connectivity index (χ1n) is 5.67. The highest BCUT2D eigenvalue weighted by Crippen LogP contribution is 2.28. The van der Waals surface area contributed by atoms with Crippen molar-refractivity contribution < 1.29 is 19.2 Å². The Morgan fingerprint density at radius 2 is 2.00 bits per heavy atom. The monoisotopic (exact) mass is 400 g/mol. The van der Waals surface area contributed by atoms with Gasteiger partial charge in [0.1, 0.15) is 20.8 Å². The van der Waals surface area contributed by atoms with Crippen molar-refractivity contribution in [3.05, 3.63) is 55.9 Å². The molecular formula is C13H9IN2O5. The molecule has 1 aromatic heterocycles. The van der Waals surface area contributed by atoms with Crippen molar-refractivity contribution in [2.45, 2.75) is 0 Å². The van der Waals surface area contributed by atoms with Crippen LogP contribution < -0.4 is 4.74 Å². The lowest BCUT2D eigenvalue weighted by Crippen LogP contribution is -2.05. The highest BCUT2D eigenvalue weighted by atomic mass is 127. The number of nitro benzene ring substituents is 1. The highest BCUT2D eigenvalue weighted by Gasteiger charge is 2.21. The third-order valence-electron chi connectivity index (χ3n) is 2.51. The second kappa shape index (κ2) is 6.48. The van der Waals surface area contributed by atoms with Crippen LogP contribution >= 0.6 is 22.6 Å². The van der Waals surface area contributed by atoms with Gasteiger partial charge in [0.05, 0.1) is 18.2 Å². The lowest BCUT2D eigenvalue weighted by molar-refractivity contribution is -0.385. The Morgan fingerprint density at radius 1 is 1.29 bits per heavy atom. The summed E-state index contributed by atoms with van der Waals surface area (Å²) in [4.78, 5) is 25.9. The van der Waals surface area contributed by atoms with Crippen LogP contribution in [0.1, 0.15) is 10.4 Å². The van der Waals surface area contributed by atoms with E-state index in [2.05, 4.69) is 32.3 Å². The Balaban J connectivity index is 2.35. The molecule has 0 amide bonds. The van der Waals surface area contributed by atoms with Crippen LogP contribution in [0.5, 0.6) is 11.5 Å². The van der Waals surface area contributed by atoms with E-state index in [1.165, 1.54) is 24.4 Å². The number of esters is 1. The maximum Gasteiger partial charge on any atom is 0.345 e. The highest BCUT2D eigenvalue weighted by molar-refractivity contribution is 14.1. The van der Waals surface area contributed by atoms with Crippen molar-refractivity contribution in [3.8, 4) is 11.5 Å². The molecule has 0 fully saturated rings. The van der Waals surface area contributed by atoms with Crippen molar-refractivity contribution in [1.82, 2.24) is 4.98 Å². The largest absolute Gasteiger partial charge is 0.465 e. The fourth-order valence-electron chi connectivity index (χ4n) is 1.57. The van der Waals surface area contributed by atoms with E-state index in [1.807, 2.05) is 0 Å². The number of nitrogens with zero attached hydrogens (tertiary/aromatic N) is 2. The number of nitro groups is 1. The molecular weight excluding hydrogens is 391 g/mol. The molecule has 7 nitrogen and oxygen atoms in total. The van der Waals surface area contributed by atoms with Crippen molar-refractivity contribution in [1.29, 1.82) is 0 Å². The molecule has 0 atom stereocenters. The second-order valence-electron chi connectivity index (χ2n) is 3.85. The van der Waals surface area contributed by atoms with Gasteiger partial charge < -0.3 is 9.47 Å². The first-order valence-corrected chi connectivity index (χ1v) is 6.75. The summed E-state index contributed by atoms with van der Waals surface area (Å²) in [5.74, 6) is -0.0584. The first kappa shape index (κ1) is 15.2. The van der Waals surface area contributed by atoms with Crippen molar-refractivity contribution in [2.24, 2.45) is 0 Å². The van der Waals surface area contributed by atoms with Gasteiger partial charge in [-0.05, 0) is 40.8 Å². The molecule has 0 unspecified atom stereocenters. The number of aromatic nitrogens is 1. The number of hydrogen-bond donors (Lipinski definition) is 0. The summed E-state index contributed by atoms with van der Waals surface area (Å²) in [5, 5.41) is 10.9. The van der Waals surface area contributed by atoms with E-state index in [0.29, 0.717) is 5.75 Å². The number of ether oxygens (including phenoxy) is 2. The molecule has 2 aromatic rings. The van der Waals surface area contributed by atoms with Crippen molar-refractivity contribution in [3.63, 3.8) is 0 Å². The van der Waals surface area contributed by atoms with Gasteiger partial charge in [-0.3, -0.25) is 10.1 Å². The van der Waals surface area contributed by atoms with E-state index in [0.717, 1.165) is 10.8 Å². The number of halogens is 1. The average molecular weight is 400 g/mol. The Labute approximate surface area is 133 Å². The number of hydrogen-bond acceptors (Lipinski definition) is 6. The van der Waals surface area contributed by atoms with Crippen LogP contribution in [-0.4, -0.2) is 23.0 Å². The van der Waals surface area contributed by atoms with Gasteiger partial charge in [-0.25, -0.2) is 9.78 Å². The molecule has 0 radical (unpaired) electrons. The van der Waals surface area contributed by atoms with Crippen LogP contribution in [0.25, 0.3) is 0 Å². The maximum atomic E-state index is 11.6. The van der Waals surface area contributed by atoms with Gasteiger partial charge in [0.25, 0.3) is 5.69 Å². The van der Waals surface area contributed by atoms with Gasteiger partial charge in [-0.1, -0.05) is 0 Å². The molecule has 0 saturated carbocycles. The van der Waals surface area contributed by atoms with Crippen LogP contribution in [0.15, 0.2) is 36.5 Å². The van der Waals surface area contributed by atoms with E-state index in [-0.39, 0.29) is 17.0 Å². The fourth-order valence-corrected chi connectivity index (χ4v) is 1.89. The molecule has 0 saturated heterocycles. The van der Waals surface area contributed by atoms with Gasteiger partial charge in [-0.15, -0.1) is 0 Å². The summed E-state index contributed by atoms with van der Waals surface area (Å²) in [5.41, 5.74) is -0.506. The number of carbonyl (C=O) groups is 1. The summed E-state index contributed by atoms with van der Waals surface area (Å²) < 4.78 is 10.8. The lowest BCUT2D eigenvalue weighted by Gasteiger charge is -2.07. The summed E-state index contributed by atoms with van der Waals surface area (Å²) >= 11 is 2.06. The molecule has 0 spiro atoms. The fraction of sp³-hybridized carbons (Fsp3) is 0.0769. The van der Waals surface area contributed by atoms with Crippen LogP contribution in [0.3, 0.4) is 0 Å². The predicted octanol–water partition coefficient (Wildman–Crippen LogP) is 3.17. The number of methoxy groups -OCH3 is 1. The third kappa shape index (κ3) is 3.66. The molecule has 2 rings (SSSR count). The lowest BCUT2D eigenvalue weighted by atomic mass is 10.1. The van der Waals surface area contributed by atoms with Crippen molar-refractivity contribution in [2.75, 3.05) is 7.11 Å². The Kier molecular flexibility index (Phi) is 4.68. The third-order valence-corrected chi connectivity index (χ3v) is 3.14. The minimum Gasteiger partial charge on any atom is -0.465 e. The molecule has 8 heteroatoms. The number of pyridine rings is 1.